The summed E-state index contributed by atoms with van der Waals surface area (Å²) < 4.78 is 7.88. The van der Waals surface area contributed by atoms with Gasteiger partial charge in [-0.1, -0.05) is 0 Å². The standard InChI is InChI=1S/4C6H16P2.C4.4C2I.2Mn/c4*1-7(2)5-6-8(3)4;1-3-4-2;4*1-2-3;;/h4*5-6H2,1-4H3;;;;;;;/q;;;;-2;4*-1;2*+3. The van der Waals surface area contributed by atoms with Crippen molar-refractivity contribution in [3.05, 3.63) is 38.5 Å². The fourth-order valence-electron chi connectivity index (χ4n) is 1.60. The van der Waals surface area contributed by atoms with Gasteiger partial charge in [0.2, 0.25) is 0 Å². The Kier molecular flexibility index (Phi) is 135. The molecule has 0 saturated carbocycles. The summed E-state index contributed by atoms with van der Waals surface area (Å²) in [6, 6.07) is 0. The molecule has 0 aliphatic rings. The van der Waals surface area contributed by atoms with Crippen LogP contribution in [0.2, 0.25) is 0 Å². The van der Waals surface area contributed by atoms with E-state index in [0.29, 0.717) is 63.4 Å². The van der Waals surface area contributed by atoms with Crippen molar-refractivity contribution in [2.75, 3.05) is 156 Å². The Hall–Kier alpha value is 4.76. The minimum atomic E-state index is 0. The van der Waals surface area contributed by atoms with Gasteiger partial charge in [-0.25, -0.2) is 0 Å². The van der Waals surface area contributed by atoms with Crippen molar-refractivity contribution >= 4 is 154 Å². The molecule has 0 radical (unpaired) electrons. The van der Waals surface area contributed by atoms with E-state index in [-0.39, 0.29) is 34.1 Å². The molecule has 0 aromatic rings. The van der Waals surface area contributed by atoms with E-state index < -0.39 is 0 Å². The van der Waals surface area contributed by atoms with Crippen LogP contribution in [0.4, 0.5) is 0 Å². The van der Waals surface area contributed by atoms with Crippen LogP contribution < -0.4 is 0 Å². The van der Waals surface area contributed by atoms with Crippen molar-refractivity contribution in [3.8, 4) is 27.5 Å². The topological polar surface area (TPSA) is 0 Å². The molecule has 0 nitrogen and oxygen atoms in total. The first-order valence-electron chi connectivity index (χ1n) is 14.2. The second-order valence-electron chi connectivity index (χ2n) is 11.1. The molecule has 0 amide bonds. The van der Waals surface area contributed by atoms with Crippen molar-refractivity contribution in [2.24, 2.45) is 0 Å². The van der Waals surface area contributed by atoms with Crippen LogP contribution in [0.3, 0.4) is 0 Å². The van der Waals surface area contributed by atoms with Crippen molar-refractivity contribution in [3.63, 3.8) is 0 Å². The first kappa shape index (κ1) is 82.6. The summed E-state index contributed by atoms with van der Waals surface area (Å²) >= 11 is 6.82. The quantitative estimate of drug-likeness (QED) is 0.0601. The van der Waals surface area contributed by atoms with Crippen LogP contribution in [0.1, 0.15) is 0 Å². The Morgan fingerprint density at radius 2 is 0.340 bits per heavy atom. The molecular weight excluding hydrogens is 1300 g/mol. The smallest absolute Gasteiger partial charge is 0.682 e. The Morgan fingerprint density at radius 3 is 0.360 bits per heavy atom. The Morgan fingerprint density at radius 1 is 0.280 bits per heavy atom. The molecule has 0 N–H and O–H groups in total. The van der Waals surface area contributed by atoms with Gasteiger partial charge >= 0.3 is 34.1 Å². The summed E-state index contributed by atoms with van der Waals surface area (Å²) in [6.45, 7) is 37.7. The van der Waals surface area contributed by atoms with Gasteiger partial charge in [0.05, 0.1) is 0 Å². The molecule has 0 spiro atoms. The van der Waals surface area contributed by atoms with Crippen LogP contribution in [-0.4, -0.2) is 156 Å². The van der Waals surface area contributed by atoms with Gasteiger partial charge in [-0.2, -0.15) is 0 Å². The summed E-state index contributed by atoms with van der Waals surface area (Å²) in [7, 11) is 3.07. The van der Waals surface area contributed by atoms with Gasteiger partial charge in [-0.3, -0.25) is 15.7 Å². The average molecular weight is 1360 g/mol. The predicted molar refractivity (Wildman–Crippen MR) is 288 cm³/mol. The molecule has 290 valence electrons. The van der Waals surface area contributed by atoms with Crippen LogP contribution in [0.5, 0.6) is 0 Å². The maximum Gasteiger partial charge on any atom is 3.00 e. The van der Waals surface area contributed by atoms with Crippen LogP contribution in [-0.2, 0) is 34.1 Å². The first-order chi connectivity index (χ1) is 22.1. The molecule has 14 heteroatoms. The van der Waals surface area contributed by atoms with Crippen LogP contribution in [0.25, 0.3) is 0 Å². The normalized spacial score (nSPS) is 8.04. The van der Waals surface area contributed by atoms with E-state index in [0.717, 1.165) is 0 Å². The molecule has 0 bridgehead atoms. The zero-order valence-corrected chi connectivity index (χ0v) is 51.6. The van der Waals surface area contributed by atoms with Gasteiger partial charge in [0.15, 0.2) is 0 Å². The van der Waals surface area contributed by atoms with E-state index in [1.807, 2.05) is 15.7 Å². The van der Waals surface area contributed by atoms with Gasteiger partial charge in [0, 0.05) is 0 Å². The van der Waals surface area contributed by atoms with Crippen molar-refractivity contribution in [1.82, 2.24) is 0 Å². The fourth-order valence-corrected chi connectivity index (χ4v) is 14.4. The van der Waals surface area contributed by atoms with E-state index in [4.69, 9.17) is 38.5 Å². The van der Waals surface area contributed by atoms with Crippen LogP contribution in [0, 0.1) is 66.1 Å². The SMILES string of the molecule is CP(C)CCP(C)C.CP(C)CCP(C)C.CP(C)CCP(C)C.CP(C)CCP(C)C.[C-]#CC#[C-].[C-]#CI.[C-]#CI.[C-]#CI.[C-]#CI.[Mn+3].[Mn+3]. The van der Waals surface area contributed by atoms with E-state index in [2.05, 4.69) is 107 Å². The molecule has 0 aromatic carbocycles. The third-order valence-corrected chi connectivity index (χ3v) is 14.4. The summed E-state index contributed by atoms with van der Waals surface area (Å²) in [4.78, 5) is 0. The summed E-state index contributed by atoms with van der Waals surface area (Å²) in [5.41, 5.74) is 0. The predicted octanol–water partition coefficient (Wildman–Crippen LogP) is 13.9. The van der Waals surface area contributed by atoms with Gasteiger partial charge in [-0.15, -0.1) is 63.4 Å². The van der Waals surface area contributed by atoms with Crippen LogP contribution in [0.15, 0.2) is 0 Å². The van der Waals surface area contributed by atoms with Gasteiger partial charge in [-0.05, 0) is 246 Å². The Labute approximate surface area is 404 Å². The largest absolute Gasteiger partial charge is 3.00 e. The minimum Gasteiger partial charge on any atom is -0.682 e. The summed E-state index contributed by atoms with van der Waals surface area (Å²) in [5, 5.41) is 0. The molecule has 0 atom stereocenters. The maximum absolute atomic E-state index is 5.94. The molecule has 0 aromatic heterocycles. The van der Waals surface area contributed by atoms with Crippen molar-refractivity contribution in [1.29, 1.82) is 0 Å². The summed E-state index contributed by atoms with van der Waals surface area (Å²) in [5.74, 6) is 3.19. The second-order valence-corrected chi connectivity index (χ2v) is 34.1. The van der Waals surface area contributed by atoms with Gasteiger partial charge in [0.1, 0.15) is 0 Å². The number of rotatable bonds is 12. The zero-order chi connectivity index (χ0) is 40.5. The average Bonchev–Trinajstić information content (AvgIpc) is 2.96. The molecule has 0 fully saturated rings. The molecule has 0 aliphatic carbocycles. The third kappa shape index (κ3) is 213. The zero-order valence-electron chi connectivity index (χ0n) is 33.5. The molecule has 0 aliphatic heterocycles. The molecule has 0 unspecified atom stereocenters. The van der Waals surface area contributed by atoms with E-state index in [1.54, 1.807) is 102 Å². The summed E-state index contributed by atoms with van der Waals surface area (Å²) in [6.07, 6.45) is 47.4. The first-order valence-corrected chi connectivity index (χ1v) is 37.9. The molecule has 50 heavy (non-hydrogen) atoms. The molecular formula is C36H64I4Mn2P8. The monoisotopic (exact) mass is 1360 g/mol. The Bertz CT molecular complexity index is 661. The minimum absolute atomic E-state index is 0. The second kappa shape index (κ2) is 81.8. The van der Waals surface area contributed by atoms with E-state index in [9.17, 15) is 0 Å². The molecule has 0 saturated heterocycles. The fraction of sp³-hybridized carbons (Fsp3) is 0.667. The molecule has 0 rings (SSSR count). The van der Waals surface area contributed by atoms with Gasteiger partial charge in [0.25, 0.3) is 0 Å². The Balaban J connectivity index is -0.0000000391. The maximum atomic E-state index is 5.94. The van der Waals surface area contributed by atoms with Crippen molar-refractivity contribution in [2.45, 2.75) is 0 Å². The number of halogens is 4. The molecule has 0 heterocycles. The van der Waals surface area contributed by atoms with E-state index in [1.165, 1.54) is 49.3 Å². The number of hydrogen-bond acceptors (Lipinski definition) is 0. The van der Waals surface area contributed by atoms with Crippen LogP contribution >= 0.6 is 154 Å². The van der Waals surface area contributed by atoms with Crippen molar-refractivity contribution < 1.29 is 34.1 Å². The third-order valence-electron chi connectivity index (χ3n) is 4.04. The van der Waals surface area contributed by atoms with Gasteiger partial charge < -0.3 is 50.4 Å². The number of hydrogen-bond donors (Lipinski definition) is 0. The van der Waals surface area contributed by atoms with E-state index >= 15 is 0 Å².